The summed E-state index contributed by atoms with van der Waals surface area (Å²) in [5.41, 5.74) is 7.08. The van der Waals surface area contributed by atoms with E-state index >= 15 is 0 Å². The van der Waals surface area contributed by atoms with Crippen molar-refractivity contribution in [3.63, 3.8) is 0 Å². The lowest BCUT2D eigenvalue weighted by molar-refractivity contribution is -0.117. The maximum absolute atomic E-state index is 12.2. The van der Waals surface area contributed by atoms with Crippen LogP contribution in [0.25, 0.3) is 4.85 Å². The molecule has 1 amide bonds. The quantitative estimate of drug-likeness (QED) is 0.267. The summed E-state index contributed by atoms with van der Waals surface area (Å²) in [6.45, 7) is 9.11. The molecule has 0 saturated carbocycles. The second kappa shape index (κ2) is 11.1. The van der Waals surface area contributed by atoms with E-state index in [4.69, 9.17) is 22.1 Å². The highest BCUT2D eigenvalue weighted by Crippen LogP contribution is 2.42. The average molecular weight is 475 g/mol. The van der Waals surface area contributed by atoms with E-state index in [9.17, 15) is 14.6 Å². The molecule has 0 radical (unpaired) electrons. The minimum Gasteiger partial charge on any atom is -0.368 e. The van der Waals surface area contributed by atoms with Gasteiger partial charge in [-0.1, -0.05) is 49.0 Å². The van der Waals surface area contributed by atoms with Gasteiger partial charge in [0.25, 0.3) is 0 Å². The smallest absolute Gasteiger partial charge is 0.368 e. The summed E-state index contributed by atoms with van der Waals surface area (Å²) in [5, 5.41) is 9.22. The van der Waals surface area contributed by atoms with Gasteiger partial charge in [0.15, 0.2) is 0 Å². The molecule has 0 aliphatic heterocycles. The van der Waals surface area contributed by atoms with Crippen molar-refractivity contribution in [3.05, 3.63) is 58.4 Å². The van der Waals surface area contributed by atoms with Gasteiger partial charge in [-0.05, 0) is 17.5 Å². The molecule has 4 N–H and O–H groups in total. The summed E-state index contributed by atoms with van der Waals surface area (Å²) in [5.74, 6) is -0.395. The second-order valence-electron chi connectivity index (χ2n) is 6.58. The third kappa shape index (κ3) is 6.30. The van der Waals surface area contributed by atoms with E-state index in [0.717, 1.165) is 11.8 Å². The van der Waals surface area contributed by atoms with Crippen molar-refractivity contribution in [2.75, 3.05) is 25.1 Å². The van der Waals surface area contributed by atoms with Crippen LogP contribution in [0.1, 0.15) is 28.9 Å². The van der Waals surface area contributed by atoms with Gasteiger partial charge in [-0.3, -0.25) is 9.32 Å². The molecule has 2 aromatic rings. The fourth-order valence-corrected chi connectivity index (χ4v) is 4.33. The number of carbonyl (C=O) groups is 1. The first-order chi connectivity index (χ1) is 15.1. The van der Waals surface area contributed by atoms with E-state index in [1.165, 1.54) is 4.90 Å². The van der Waals surface area contributed by atoms with Crippen LogP contribution in [0.4, 0.5) is 11.5 Å². The van der Waals surface area contributed by atoms with Crippen LogP contribution >= 0.6 is 19.6 Å². The van der Waals surface area contributed by atoms with Crippen LogP contribution in [-0.4, -0.2) is 40.9 Å². The zero-order valence-electron chi connectivity index (χ0n) is 17.4. The van der Waals surface area contributed by atoms with E-state index in [2.05, 4.69) is 20.4 Å². The number of rotatable bonds is 10. The van der Waals surface area contributed by atoms with Gasteiger partial charge < -0.3 is 20.4 Å². The normalized spacial score (nSPS) is 11.9. The third-order valence-electron chi connectivity index (χ3n) is 4.44. The predicted octanol–water partition coefficient (Wildman–Crippen LogP) is 2.93. The fourth-order valence-electron chi connectivity index (χ4n) is 2.95. The van der Waals surface area contributed by atoms with Crippen molar-refractivity contribution < 1.29 is 23.7 Å². The molecule has 0 aliphatic carbocycles. The molecule has 0 bridgehead atoms. The second-order valence-corrected chi connectivity index (χ2v) is 8.91. The highest BCUT2D eigenvalue weighted by molar-refractivity contribution is 8.00. The maximum atomic E-state index is 12.2. The van der Waals surface area contributed by atoms with Crippen LogP contribution in [0.2, 0.25) is 0 Å². The Kier molecular flexibility index (Phi) is 8.79. The first kappa shape index (κ1) is 25.3. The summed E-state index contributed by atoms with van der Waals surface area (Å²) in [6, 6.07) is 10.9. The molecular formula is C20H22N5O5PS. The van der Waals surface area contributed by atoms with Gasteiger partial charge in [0.05, 0.1) is 18.7 Å². The Bertz CT molecular complexity index is 1110. The first-order valence-corrected chi connectivity index (χ1v) is 11.8. The summed E-state index contributed by atoms with van der Waals surface area (Å²) in [7, 11) is -3.05. The van der Waals surface area contributed by atoms with Crippen molar-refractivity contribution in [3.8, 4) is 6.07 Å². The molecule has 1 heterocycles. The summed E-state index contributed by atoms with van der Waals surface area (Å²) >= 11 is 1.02. The Morgan fingerprint density at radius 1 is 1.44 bits per heavy atom. The van der Waals surface area contributed by atoms with E-state index in [-0.39, 0.29) is 35.2 Å². The fraction of sp³-hybridized carbons (Fsp3) is 0.300. The highest BCUT2D eigenvalue weighted by atomic mass is 32.2. The van der Waals surface area contributed by atoms with Crippen LogP contribution in [-0.2, 0) is 20.3 Å². The molecule has 0 saturated heterocycles. The van der Waals surface area contributed by atoms with E-state index in [0.29, 0.717) is 17.5 Å². The predicted molar refractivity (Wildman–Crippen MR) is 120 cm³/mol. The SMILES string of the molecule is [C-]#[N+]c1c(N(C)CCOP(=O)(O)O)nc(SC(C(N)=O)c2ccccc2)c(C#N)c1CC. The Morgan fingerprint density at radius 2 is 2.09 bits per heavy atom. The topological polar surface area (TPSA) is 154 Å². The molecule has 2 rings (SSSR count). The molecule has 0 aliphatic rings. The molecule has 0 fully saturated rings. The lowest BCUT2D eigenvalue weighted by atomic mass is 10.1. The lowest BCUT2D eigenvalue weighted by Crippen LogP contribution is -2.24. The van der Waals surface area contributed by atoms with Gasteiger partial charge in [0.1, 0.15) is 22.2 Å². The number of benzene rings is 1. The van der Waals surface area contributed by atoms with Crippen LogP contribution in [0.15, 0.2) is 35.4 Å². The van der Waals surface area contributed by atoms with Crippen molar-refractivity contribution in [1.29, 1.82) is 5.26 Å². The Morgan fingerprint density at radius 3 is 2.59 bits per heavy atom. The van der Waals surface area contributed by atoms with Gasteiger partial charge in [0.2, 0.25) is 11.6 Å². The minimum atomic E-state index is -4.64. The number of nitrogens with zero attached hydrogens (tertiary/aromatic N) is 4. The van der Waals surface area contributed by atoms with Crippen LogP contribution in [0, 0.1) is 17.9 Å². The van der Waals surface area contributed by atoms with Gasteiger partial charge in [0, 0.05) is 13.6 Å². The van der Waals surface area contributed by atoms with Gasteiger partial charge in [-0.15, -0.1) is 0 Å². The van der Waals surface area contributed by atoms with Crippen LogP contribution in [0.5, 0.6) is 0 Å². The third-order valence-corrected chi connectivity index (χ3v) is 6.21. The number of primary amides is 1. The number of phosphoric ester groups is 1. The molecule has 1 unspecified atom stereocenters. The average Bonchev–Trinajstić information content (AvgIpc) is 2.75. The number of pyridine rings is 1. The molecule has 10 nitrogen and oxygen atoms in total. The molecule has 32 heavy (non-hydrogen) atoms. The van der Waals surface area contributed by atoms with Crippen molar-refractivity contribution in [2.45, 2.75) is 23.6 Å². The maximum Gasteiger partial charge on any atom is 0.469 e. The number of phosphoric acid groups is 1. The Balaban J connectivity index is 2.54. The molecule has 1 aromatic carbocycles. The van der Waals surface area contributed by atoms with Gasteiger partial charge in [-0.2, -0.15) is 5.26 Å². The number of amides is 1. The highest BCUT2D eigenvalue weighted by Gasteiger charge is 2.27. The molecule has 0 spiro atoms. The summed E-state index contributed by atoms with van der Waals surface area (Å²) < 4.78 is 15.4. The number of anilines is 1. The molecule has 168 valence electrons. The number of thioether (sulfide) groups is 1. The van der Waals surface area contributed by atoms with E-state index in [1.807, 2.05) is 0 Å². The van der Waals surface area contributed by atoms with Crippen molar-refractivity contribution in [2.24, 2.45) is 5.73 Å². The number of hydrogen-bond donors (Lipinski definition) is 3. The van der Waals surface area contributed by atoms with E-state index < -0.39 is 19.0 Å². The monoisotopic (exact) mass is 475 g/mol. The van der Waals surface area contributed by atoms with Gasteiger partial charge in [-0.25, -0.2) is 14.4 Å². The van der Waals surface area contributed by atoms with Crippen LogP contribution < -0.4 is 10.6 Å². The number of nitriles is 1. The number of aromatic nitrogens is 1. The molecular weight excluding hydrogens is 453 g/mol. The number of nitrogens with two attached hydrogens (primary N) is 1. The largest absolute Gasteiger partial charge is 0.469 e. The summed E-state index contributed by atoms with van der Waals surface area (Å²) in [4.78, 5) is 39.5. The Labute approximate surface area is 190 Å². The minimum absolute atomic E-state index is 0.0255. The number of likely N-dealkylation sites (N-methyl/N-ethyl adjacent to an activating group) is 1. The Hall–Kier alpha value is -2.92. The molecule has 1 atom stereocenters. The van der Waals surface area contributed by atoms with E-state index in [1.54, 1.807) is 44.3 Å². The van der Waals surface area contributed by atoms with Crippen LogP contribution in [0.3, 0.4) is 0 Å². The zero-order chi connectivity index (χ0) is 23.9. The first-order valence-electron chi connectivity index (χ1n) is 9.39. The standard InChI is InChI=1S/C20H22N5O5PS/c1-4-14-15(12-21)20(32-17(18(22)26)13-8-6-5-7-9-13)24-19(16(14)23-2)25(3)10-11-30-31(27,28)29/h5-9,17H,4,10-11H2,1,3H3,(H2,22,26)(H2,27,28,29). The molecule has 12 heteroatoms. The lowest BCUT2D eigenvalue weighted by Gasteiger charge is -2.23. The van der Waals surface area contributed by atoms with Gasteiger partial charge >= 0.3 is 7.82 Å². The summed E-state index contributed by atoms with van der Waals surface area (Å²) in [6.07, 6.45) is 0.364. The molecule has 1 aromatic heterocycles. The van der Waals surface area contributed by atoms with Crippen molar-refractivity contribution in [1.82, 2.24) is 4.98 Å². The van der Waals surface area contributed by atoms with Crippen molar-refractivity contribution >= 4 is 37.0 Å². The number of hydrogen-bond acceptors (Lipinski definition) is 7. The number of carbonyl (C=O) groups excluding carboxylic acids is 1. The zero-order valence-corrected chi connectivity index (χ0v) is 19.1.